The van der Waals surface area contributed by atoms with Crippen molar-refractivity contribution in [3.05, 3.63) is 54.7 Å². The summed E-state index contributed by atoms with van der Waals surface area (Å²) in [5, 5.41) is 25.7. The lowest BCUT2D eigenvalue weighted by Crippen LogP contribution is -2.56. The van der Waals surface area contributed by atoms with Gasteiger partial charge in [0.15, 0.2) is 0 Å². The first kappa shape index (κ1) is 26.8. The van der Waals surface area contributed by atoms with Crippen LogP contribution in [0.25, 0.3) is 28.0 Å². The molecule has 214 valence electrons. The molecule has 4 atom stereocenters. The minimum atomic E-state index is -1.01. The minimum Gasteiger partial charge on any atom is -0.490 e. The number of likely N-dealkylation sites (tertiary alicyclic amines) is 1. The number of hydrogen-bond acceptors (Lipinski definition) is 7. The van der Waals surface area contributed by atoms with Gasteiger partial charge in [-0.3, -0.25) is 4.90 Å². The third kappa shape index (κ3) is 5.48. The van der Waals surface area contributed by atoms with Crippen LogP contribution in [0.5, 0.6) is 5.75 Å². The second-order valence-corrected chi connectivity index (χ2v) is 12.0. The van der Waals surface area contributed by atoms with Gasteiger partial charge in [-0.05, 0) is 93.2 Å². The van der Waals surface area contributed by atoms with Crippen LogP contribution in [0.2, 0.25) is 0 Å². The molecule has 1 aliphatic carbocycles. The molecule has 0 unspecified atom stereocenters. The summed E-state index contributed by atoms with van der Waals surface area (Å²) in [5.74, 6) is 0.370. The largest absolute Gasteiger partial charge is 0.490 e. The maximum Gasteiger partial charge on any atom is 0.411 e. The van der Waals surface area contributed by atoms with E-state index in [1.165, 1.54) is 4.90 Å². The summed E-state index contributed by atoms with van der Waals surface area (Å²) in [7, 11) is 0. The SMILES string of the molecule is CC(C)(C)OC(=O)N1C[C@@H]2CC[C@H](Oc3cc(-n4ccc5ccccc54)ccc3-c3nn[nH]n3)C[C@@H]2C[C@H]1C(=O)O. The Morgan fingerprint density at radius 1 is 1.05 bits per heavy atom. The summed E-state index contributed by atoms with van der Waals surface area (Å²) in [6.07, 6.45) is 4.00. The third-order valence-electron chi connectivity index (χ3n) is 8.06. The maximum absolute atomic E-state index is 12.9. The molecule has 0 radical (unpaired) electrons. The average Bonchev–Trinajstić information content (AvgIpc) is 3.62. The van der Waals surface area contributed by atoms with Crippen molar-refractivity contribution < 1.29 is 24.2 Å². The summed E-state index contributed by atoms with van der Waals surface area (Å²) in [6.45, 7) is 5.72. The van der Waals surface area contributed by atoms with Gasteiger partial charge in [-0.2, -0.15) is 5.21 Å². The second kappa shape index (κ2) is 10.5. The first-order valence-electron chi connectivity index (χ1n) is 14.0. The average molecular weight is 559 g/mol. The lowest BCUT2D eigenvalue weighted by molar-refractivity contribution is -0.147. The lowest BCUT2D eigenvalue weighted by atomic mass is 9.72. The molecule has 11 nitrogen and oxygen atoms in total. The number of hydrogen-bond donors (Lipinski definition) is 2. The van der Waals surface area contributed by atoms with E-state index in [2.05, 4.69) is 43.4 Å². The highest BCUT2D eigenvalue weighted by atomic mass is 16.6. The van der Waals surface area contributed by atoms with Crippen molar-refractivity contribution in [1.29, 1.82) is 0 Å². The monoisotopic (exact) mass is 558 g/mol. The number of carbonyl (C=O) groups excluding carboxylic acids is 1. The number of aliphatic carboxylic acids is 1. The van der Waals surface area contributed by atoms with E-state index in [0.717, 1.165) is 35.0 Å². The van der Waals surface area contributed by atoms with Crippen LogP contribution in [0.3, 0.4) is 0 Å². The van der Waals surface area contributed by atoms with Gasteiger partial charge in [0.2, 0.25) is 5.82 Å². The fourth-order valence-electron chi connectivity index (χ4n) is 6.18. The predicted molar refractivity (Wildman–Crippen MR) is 151 cm³/mol. The third-order valence-corrected chi connectivity index (χ3v) is 8.06. The number of nitrogens with zero attached hydrogens (tertiary/aromatic N) is 5. The number of carboxylic acids is 1. The van der Waals surface area contributed by atoms with E-state index in [-0.39, 0.29) is 17.9 Å². The Bertz CT molecular complexity index is 1560. The van der Waals surface area contributed by atoms with Crippen LogP contribution >= 0.6 is 0 Å². The van der Waals surface area contributed by atoms with E-state index in [4.69, 9.17) is 9.47 Å². The molecule has 1 saturated heterocycles. The van der Waals surface area contributed by atoms with Gasteiger partial charge in [-0.15, -0.1) is 10.2 Å². The predicted octanol–water partition coefficient (Wildman–Crippen LogP) is 5.07. The van der Waals surface area contributed by atoms with Crippen LogP contribution < -0.4 is 4.74 Å². The van der Waals surface area contributed by atoms with Gasteiger partial charge in [-0.25, -0.2) is 9.59 Å². The molecule has 2 aromatic heterocycles. The van der Waals surface area contributed by atoms with Crippen LogP contribution in [-0.2, 0) is 9.53 Å². The van der Waals surface area contributed by atoms with E-state index in [9.17, 15) is 14.7 Å². The summed E-state index contributed by atoms with van der Waals surface area (Å²) in [4.78, 5) is 26.5. The van der Waals surface area contributed by atoms with Crippen LogP contribution in [0, 0.1) is 11.8 Å². The smallest absolute Gasteiger partial charge is 0.411 e. The van der Waals surface area contributed by atoms with Gasteiger partial charge >= 0.3 is 12.1 Å². The lowest BCUT2D eigenvalue weighted by Gasteiger charge is -2.46. The van der Waals surface area contributed by atoms with Gasteiger partial charge in [0, 0.05) is 24.5 Å². The Morgan fingerprint density at radius 2 is 1.88 bits per heavy atom. The highest BCUT2D eigenvalue weighted by Gasteiger charge is 2.45. The number of aromatic nitrogens is 5. The fraction of sp³-hybridized carbons (Fsp3) is 0.433. The van der Waals surface area contributed by atoms with Gasteiger partial charge in [0.05, 0.1) is 17.2 Å². The number of tetrazole rings is 1. The molecule has 0 spiro atoms. The number of para-hydroxylation sites is 1. The zero-order chi connectivity index (χ0) is 28.7. The molecular weight excluding hydrogens is 524 g/mol. The molecule has 0 bridgehead atoms. The molecule has 2 fully saturated rings. The molecule has 2 N–H and O–H groups in total. The zero-order valence-corrected chi connectivity index (χ0v) is 23.4. The molecule has 41 heavy (non-hydrogen) atoms. The van der Waals surface area contributed by atoms with E-state index in [0.29, 0.717) is 31.0 Å². The Balaban J connectivity index is 1.24. The van der Waals surface area contributed by atoms with Crippen LogP contribution in [0.1, 0.15) is 46.5 Å². The highest BCUT2D eigenvalue weighted by molar-refractivity contribution is 5.82. The Morgan fingerprint density at radius 3 is 2.63 bits per heavy atom. The summed E-state index contributed by atoms with van der Waals surface area (Å²) >= 11 is 0. The first-order chi connectivity index (χ1) is 19.7. The summed E-state index contributed by atoms with van der Waals surface area (Å²) in [5.41, 5.74) is 2.06. The van der Waals surface area contributed by atoms with Crippen molar-refractivity contribution in [2.45, 2.75) is 64.2 Å². The summed E-state index contributed by atoms with van der Waals surface area (Å²) < 4.78 is 14.3. The number of ether oxygens (including phenoxy) is 2. The van der Waals surface area contributed by atoms with Crippen LogP contribution in [-0.4, -0.2) is 71.6 Å². The Kier molecular flexibility index (Phi) is 6.88. The second-order valence-electron chi connectivity index (χ2n) is 12.0. The molecule has 11 heteroatoms. The molecule has 6 rings (SSSR count). The van der Waals surface area contributed by atoms with E-state index in [1.54, 1.807) is 20.8 Å². The normalized spacial score (nSPS) is 22.8. The first-order valence-corrected chi connectivity index (χ1v) is 14.0. The Labute approximate surface area is 237 Å². The Hall–Kier alpha value is -4.41. The number of carboxylic acid groups (broad SMARTS) is 1. The number of amides is 1. The molecule has 1 aliphatic heterocycles. The molecule has 4 aromatic rings. The van der Waals surface area contributed by atoms with E-state index in [1.807, 2.05) is 36.5 Å². The van der Waals surface area contributed by atoms with E-state index < -0.39 is 23.7 Å². The number of rotatable bonds is 5. The van der Waals surface area contributed by atoms with Crippen molar-refractivity contribution in [1.82, 2.24) is 30.1 Å². The number of aromatic amines is 1. The summed E-state index contributed by atoms with van der Waals surface area (Å²) in [6, 6.07) is 15.3. The number of carbonyl (C=O) groups is 2. The van der Waals surface area contributed by atoms with Crippen molar-refractivity contribution >= 4 is 23.0 Å². The number of benzene rings is 2. The zero-order valence-electron chi connectivity index (χ0n) is 23.4. The minimum absolute atomic E-state index is 0.110. The van der Waals surface area contributed by atoms with Crippen molar-refractivity contribution in [2.24, 2.45) is 11.8 Å². The maximum atomic E-state index is 12.9. The number of H-pyrrole nitrogens is 1. The van der Waals surface area contributed by atoms with Crippen molar-refractivity contribution in [2.75, 3.05) is 6.54 Å². The molecule has 2 aliphatic rings. The van der Waals surface area contributed by atoms with Crippen molar-refractivity contribution in [3.8, 4) is 22.8 Å². The van der Waals surface area contributed by atoms with Crippen LogP contribution in [0.15, 0.2) is 54.7 Å². The van der Waals surface area contributed by atoms with Gasteiger partial charge in [0.25, 0.3) is 0 Å². The number of piperidine rings is 1. The molecule has 1 saturated carbocycles. The molecule has 2 aromatic carbocycles. The van der Waals surface area contributed by atoms with E-state index >= 15 is 0 Å². The molecular formula is C30H34N6O5. The fourth-order valence-corrected chi connectivity index (χ4v) is 6.18. The van der Waals surface area contributed by atoms with Gasteiger partial charge in [-0.1, -0.05) is 18.2 Å². The highest BCUT2D eigenvalue weighted by Crippen LogP contribution is 2.42. The topological polar surface area (TPSA) is 135 Å². The van der Waals surface area contributed by atoms with Gasteiger partial charge in [0.1, 0.15) is 17.4 Å². The van der Waals surface area contributed by atoms with Gasteiger partial charge < -0.3 is 19.1 Å². The standard InChI is InChI=1S/C30H34N6O5/c1-30(2,3)41-29(39)36-17-19-8-10-22(14-20(19)15-25(36)28(37)38)40-26-16-21(9-11-23(26)27-31-33-34-32-27)35-13-12-18-6-4-5-7-24(18)35/h4-7,9,11-13,16,19-20,22,25H,8,10,14-15,17H2,1-3H3,(H,37,38)(H,31,32,33,34)/t19-,20+,22-,25-/m0/s1. The molecule has 1 amide bonds. The van der Waals surface area contributed by atoms with Crippen molar-refractivity contribution in [3.63, 3.8) is 0 Å². The molecule has 3 heterocycles. The number of nitrogens with one attached hydrogen (secondary N) is 1. The quantitative estimate of drug-likeness (QED) is 0.347. The van der Waals surface area contributed by atoms with Crippen LogP contribution in [0.4, 0.5) is 4.79 Å². The number of fused-ring (bicyclic) bond motifs is 2.